The average Bonchev–Trinajstić information content (AvgIpc) is 2.41. The van der Waals surface area contributed by atoms with Crippen LogP contribution in [0.4, 0.5) is 14.5 Å². The molecule has 1 aromatic carbocycles. The Balaban J connectivity index is 2.14. The molecule has 106 valence electrons. The van der Waals surface area contributed by atoms with E-state index in [0.29, 0.717) is 6.07 Å². The summed E-state index contributed by atoms with van der Waals surface area (Å²) in [6.07, 6.45) is 3.98. The van der Waals surface area contributed by atoms with Gasteiger partial charge in [-0.05, 0) is 25.0 Å². The monoisotopic (exact) mass is 281 g/mol. The number of hydrogen-bond donors (Lipinski definition) is 2. The molecule has 4 nitrogen and oxygen atoms in total. The van der Waals surface area contributed by atoms with Gasteiger partial charge in [-0.2, -0.15) is 0 Å². The summed E-state index contributed by atoms with van der Waals surface area (Å²) in [7, 11) is 0. The Morgan fingerprint density at radius 3 is 2.40 bits per heavy atom. The molecule has 1 aliphatic carbocycles. The Morgan fingerprint density at radius 2 is 1.80 bits per heavy atom. The highest BCUT2D eigenvalue weighted by Gasteiger charge is 2.34. The van der Waals surface area contributed by atoms with Crippen LogP contribution < -0.4 is 5.32 Å². The van der Waals surface area contributed by atoms with Gasteiger partial charge in [0.25, 0.3) is 0 Å². The van der Waals surface area contributed by atoms with Crippen LogP contribution in [0, 0.1) is 23.5 Å². The number of carbonyl (C=O) groups is 2. The normalized spacial score (nSPS) is 21.5. The van der Waals surface area contributed by atoms with Crippen molar-refractivity contribution in [2.45, 2.75) is 12.8 Å². The predicted octanol–water partition coefficient (Wildman–Crippen LogP) is 2.57. The van der Waals surface area contributed by atoms with Crippen molar-refractivity contribution in [1.82, 2.24) is 0 Å². The number of carboxylic acids is 1. The molecule has 0 unspecified atom stereocenters. The summed E-state index contributed by atoms with van der Waals surface area (Å²) >= 11 is 0. The first kappa shape index (κ1) is 14.2. The summed E-state index contributed by atoms with van der Waals surface area (Å²) in [5, 5.41) is 11.4. The van der Waals surface area contributed by atoms with Crippen molar-refractivity contribution in [3.8, 4) is 0 Å². The summed E-state index contributed by atoms with van der Waals surface area (Å²) in [4.78, 5) is 23.1. The fourth-order valence-corrected chi connectivity index (χ4v) is 2.19. The van der Waals surface area contributed by atoms with Gasteiger partial charge in [0.2, 0.25) is 5.91 Å². The van der Waals surface area contributed by atoms with E-state index >= 15 is 0 Å². The maximum atomic E-state index is 13.4. The highest BCUT2D eigenvalue weighted by molar-refractivity contribution is 5.95. The highest BCUT2D eigenvalue weighted by atomic mass is 19.1. The largest absolute Gasteiger partial charge is 0.481 e. The van der Waals surface area contributed by atoms with Crippen LogP contribution >= 0.6 is 0 Å². The lowest BCUT2D eigenvalue weighted by atomic mass is 9.82. The van der Waals surface area contributed by atoms with Crippen LogP contribution in [0.2, 0.25) is 0 Å². The zero-order chi connectivity index (χ0) is 14.7. The van der Waals surface area contributed by atoms with Crippen molar-refractivity contribution < 1.29 is 23.5 Å². The van der Waals surface area contributed by atoms with E-state index in [1.54, 1.807) is 12.2 Å². The van der Waals surface area contributed by atoms with Gasteiger partial charge in [-0.1, -0.05) is 12.2 Å². The van der Waals surface area contributed by atoms with Crippen molar-refractivity contribution in [1.29, 1.82) is 0 Å². The van der Waals surface area contributed by atoms with Gasteiger partial charge in [0.05, 0.1) is 17.5 Å². The fraction of sp³-hybridized carbons (Fsp3) is 0.286. The van der Waals surface area contributed by atoms with Gasteiger partial charge >= 0.3 is 5.97 Å². The fourth-order valence-electron chi connectivity index (χ4n) is 2.19. The number of halogens is 2. The van der Waals surface area contributed by atoms with Crippen molar-refractivity contribution in [3.63, 3.8) is 0 Å². The Bertz CT molecular complexity index is 572. The summed E-state index contributed by atoms with van der Waals surface area (Å²) in [6, 6.07) is 2.79. The second-order valence-electron chi connectivity index (χ2n) is 4.61. The van der Waals surface area contributed by atoms with E-state index in [2.05, 4.69) is 5.32 Å². The van der Waals surface area contributed by atoms with Gasteiger partial charge in [0.1, 0.15) is 11.6 Å². The minimum absolute atomic E-state index is 0.157. The van der Waals surface area contributed by atoms with Crippen LogP contribution in [0.15, 0.2) is 30.4 Å². The number of allylic oxidation sites excluding steroid dienone is 2. The molecule has 1 aliphatic rings. The van der Waals surface area contributed by atoms with E-state index in [1.165, 1.54) is 0 Å². The van der Waals surface area contributed by atoms with Crippen LogP contribution in [0.25, 0.3) is 0 Å². The Kier molecular flexibility index (Phi) is 4.12. The van der Waals surface area contributed by atoms with Gasteiger partial charge < -0.3 is 10.4 Å². The summed E-state index contributed by atoms with van der Waals surface area (Å²) in [5.41, 5.74) is -0.157. The van der Waals surface area contributed by atoms with E-state index in [9.17, 15) is 18.4 Å². The molecule has 2 N–H and O–H groups in total. The van der Waals surface area contributed by atoms with E-state index in [-0.39, 0.29) is 18.5 Å². The molecule has 0 saturated heterocycles. The van der Waals surface area contributed by atoms with E-state index in [4.69, 9.17) is 5.11 Å². The lowest BCUT2D eigenvalue weighted by Gasteiger charge is -2.24. The molecule has 0 bridgehead atoms. The summed E-state index contributed by atoms with van der Waals surface area (Å²) in [6.45, 7) is 0. The molecule has 0 heterocycles. The van der Waals surface area contributed by atoms with Crippen molar-refractivity contribution in [2.75, 3.05) is 5.32 Å². The molecule has 6 heteroatoms. The van der Waals surface area contributed by atoms with Crippen LogP contribution in [0.5, 0.6) is 0 Å². The number of hydrogen-bond acceptors (Lipinski definition) is 2. The predicted molar refractivity (Wildman–Crippen MR) is 68.0 cm³/mol. The van der Waals surface area contributed by atoms with Crippen LogP contribution in [-0.2, 0) is 9.59 Å². The zero-order valence-electron chi connectivity index (χ0n) is 10.5. The molecule has 1 aromatic rings. The molecular formula is C14H13F2NO3. The topological polar surface area (TPSA) is 66.4 Å². The molecule has 2 rings (SSSR count). The van der Waals surface area contributed by atoms with Crippen LogP contribution in [0.1, 0.15) is 12.8 Å². The molecule has 0 fully saturated rings. The second kappa shape index (κ2) is 5.81. The Hall–Kier alpha value is -2.24. The number of rotatable bonds is 3. The molecule has 0 saturated carbocycles. The smallest absolute Gasteiger partial charge is 0.307 e. The average molecular weight is 281 g/mol. The van der Waals surface area contributed by atoms with E-state index in [1.807, 2.05) is 0 Å². The van der Waals surface area contributed by atoms with E-state index < -0.39 is 35.3 Å². The number of carbonyl (C=O) groups excluding carboxylic acids is 1. The summed E-state index contributed by atoms with van der Waals surface area (Å²) < 4.78 is 26.2. The summed E-state index contributed by atoms with van der Waals surface area (Å²) in [5.74, 6) is -4.87. The van der Waals surface area contributed by atoms with Gasteiger partial charge in [0.15, 0.2) is 0 Å². The third-order valence-corrected chi connectivity index (χ3v) is 3.28. The van der Waals surface area contributed by atoms with Crippen molar-refractivity contribution in [2.24, 2.45) is 11.8 Å². The molecule has 0 radical (unpaired) electrons. The number of anilines is 1. The molecule has 0 aromatic heterocycles. The zero-order valence-corrected chi connectivity index (χ0v) is 10.5. The van der Waals surface area contributed by atoms with Crippen LogP contribution in [0.3, 0.4) is 0 Å². The van der Waals surface area contributed by atoms with Gasteiger partial charge in [-0.3, -0.25) is 9.59 Å². The lowest BCUT2D eigenvalue weighted by molar-refractivity contribution is -0.146. The Labute approximate surface area is 114 Å². The number of amides is 1. The molecule has 2 atom stereocenters. The molecule has 0 aliphatic heterocycles. The van der Waals surface area contributed by atoms with Gasteiger partial charge in [-0.15, -0.1) is 0 Å². The van der Waals surface area contributed by atoms with Crippen molar-refractivity contribution in [3.05, 3.63) is 42.0 Å². The van der Waals surface area contributed by atoms with Crippen molar-refractivity contribution >= 4 is 17.6 Å². The quantitative estimate of drug-likeness (QED) is 0.837. The molecule has 1 amide bonds. The minimum Gasteiger partial charge on any atom is -0.481 e. The number of aliphatic carboxylic acids is 1. The maximum absolute atomic E-state index is 13.4. The number of benzene rings is 1. The standard InChI is InChI=1S/C14H13F2NO3/c15-8-5-6-12(11(16)7-8)17-13(18)9-3-1-2-4-10(9)14(19)20/h1-2,5-7,9-10H,3-4H2,(H,17,18)(H,19,20)/t9-,10-/m1/s1. The van der Waals surface area contributed by atoms with Gasteiger partial charge in [-0.25, -0.2) is 8.78 Å². The van der Waals surface area contributed by atoms with Crippen LogP contribution in [-0.4, -0.2) is 17.0 Å². The highest BCUT2D eigenvalue weighted by Crippen LogP contribution is 2.27. The molecule has 0 spiro atoms. The molecule has 20 heavy (non-hydrogen) atoms. The third-order valence-electron chi connectivity index (χ3n) is 3.28. The number of nitrogens with one attached hydrogen (secondary N) is 1. The maximum Gasteiger partial charge on any atom is 0.307 e. The first-order valence-electron chi connectivity index (χ1n) is 6.12. The third kappa shape index (κ3) is 3.01. The first-order valence-corrected chi connectivity index (χ1v) is 6.12. The van der Waals surface area contributed by atoms with E-state index in [0.717, 1.165) is 12.1 Å². The Morgan fingerprint density at radius 1 is 1.15 bits per heavy atom. The number of carboxylic acid groups (broad SMARTS) is 1. The van der Waals surface area contributed by atoms with Gasteiger partial charge in [0, 0.05) is 6.07 Å². The SMILES string of the molecule is O=C(O)[C@@H]1CC=CC[C@H]1C(=O)Nc1ccc(F)cc1F. The molecular weight excluding hydrogens is 268 g/mol. The lowest BCUT2D eigenvalue weighted by Crippen LogP contribution is -2.34. The first-order chi connectivity index (χ1) is 9.49. The minimum atomic E-state index is -1.06. The second-order valence-corrected chi connectivity index (χ2v) is 4.61.